The highest BCUT2D eigenvalue weighted by atomic mass is 16.3. The molecule has 0 spiro atoms. The van der Waals surface area contributed by atoms with E-state index in [1.807, 2.05) is 13.8 Å². The normalized spacial score (nSPS) is 11.3. The lowest BCUT2D eigenvalue weighted by Gasteiger charge is -2.07. The van der Waals surface area contributed by atoms with Gasteiger partial charge in [0, 0.05) is 17.7 Å². The molecule has 0 aromatic carbocycles. The van der Waals surface area contributed by atoms with E-state index in [4.69, 9.17) is 0 Å². The highest BCUT2D eigenvalue weighted by molar-refractivity contribution is 5.43. The van der Waals surface area contributed by atoms with Gasteiger partial charge in [-0.25, -0.2) is 0 Å². The summed E-state index contributed by atoms with van der Waals surface area (Å²) in [6.07, 6.45) is 18.8. The quantitative estimate of drug-likeness (QED) is 0.334. The molecule has 3 nitrogen and oxygen atoms in total. The zero-order valence-electron chi connectivity index (χ0n) is 16.9. The standard InChI is InChI=1S/C22H41NO2/c1-4-5-6-7-8-9-10-11-12-13-14-15-16-17-18-23-21(24)19(2)20(3)22(23)25/h24-25H,4-18H2,1-3H3. The SMILES string of the molecule is CCCCCCCCCCCCCCCCn1c(O)c(C)c(C)c1O. The predicted octanol–water partition coefficient (Wildman–Crippen LogP) is 7.00. The molecular formula is C22H41NO2. The Bertz CT molecular complexity index is 440. The molecule has 0 aliphatic heterocycles. The van der Waals surface area contributed by atoms with Crippen LogP contribution in [0.5, 0.6) is 11.8 Å². The number of hydrogen-bond acceptors (Lipinski definition) is 2. The second-order valence-electron chi connectivity index (χ2n) is 7.65. The first-order chi connectivity index (χ1) is 12.1. The van der Waals surface area contributed by atoms with Crippen molar-refractivity contribution in [2.75, 3.05) is 0 Å². The van der Waals surface area contributed by atoms with Crippen molar-refractivity contribution in [3.05, 3.63) is 11.1 Å². The first-order valence-electron chi connectivity index (χ1n) is 10.7. The summed E-state index contributed by atoms with van der Waals surface area (Å²) in [6, 6.07) is 0. The van der Waals surface area contributed by atoms with Crippen LogP contribution in [0.15, 0.2) is 0 Å². The van der Waals surface area contributed by atoms with Crippen molar-refractivity contribution in [1.82, 2.24) is 4.57 Å². The van der Waals surface area contributed by atoms with Crippen molar-refractivity contribution in [2.45, 2.75) is 117 Å². The Kier molecular flexibility index (Phi) is 11.5. The van der Waals surface area contributed by atoms with Gasteiger partial charge in [0.25, 0.3) is 0 Å². The summed E-state index contributed by atoms with van der Waals surface area (Å²) in [6.45, 7) is 6.69. The summed E-state index contributed by atoms with van der Waals surface area (Å²) in [7, 11) is 0. The number of nitrogens with zero attached hydrogens (tertiary/aromatic N) is 1. The van der Waals surface area contributed by atoms with Gasteiger partial charge in [-0.05, 0) is 20.3 Å². The fourth-order valence-corrected chi connectivity index (χ4v) is 3.52. The third kappa shape index (κ3) is 8.20. The molecule has 0 radical (unpaired) electrons. The van der Waals surface area contributed by atoms with Gasteiger partial charge in [-0.2, -0.15) is 0 Å². The van der Waals surface area contributed by atoms with E-state index in [1.165, 1.54) is 83.5 Å². The molecule has 0 aliphatic rings. The molecule has 0 aliphatic carbocycles. The lowest BCUT2D eigenvalue weighted by molar-refractivity contribution is 0.359. The zero-order valence-corrected chi connectivity index (χ0v) is 16.9. The van der Waals surface area contributed by atoms with Crippen molar-refractivity contribution < 1.29 is 10.2 Å². The van der Waals surface area contributed by atoms with Crippen LogP contribution >= 0.6 is 0 Å². The molecule has 0 bridgehead atoms. The highest BCUT2D eigenvalue weighted by Gasteiger charge is 2.15. The van der Waals surface area contributed by atoms with Gasteiger partial charge in [-0.3, -0.25) is 4.57 Å². The fourth-order valence-electron chi connectivity index (χ4n) is 3.52. The first-order valence-corrected chi connectivity index (χ1v) is 10.7. The summed E-state index contributed by atoms with van der Waals surface area (Å²) in [5.74, 6) is 0.453. The van der Waals surface area contributed by atoms with E-state index in [0.29, 0.717) is 6.54 Å². The van der Waals surface area contributed by atoms with Crippen molar-refractivity contribution in [3.63, 3.8) is 0 Å². The molecular weight excluding hydrogens is 310 g/mol. The van der Waals surface area contributed by atoms with Crippen LogP contribution in [0.2, 0.25) is 0 Å². The number of aromatic nitrogens is 1. The Morgan fingerprint density at radius 2 is 0.880 bits per heavy atom. The smallest absolute Gasteiger partial charge is 0.197 e. The van der Waals surface area contributed by atoms with Crippen LogP contribution in [0.3, 0.4) is 0 Å². The molecule has 0 saturated carbocycles. The average Bonchev–Trinajstić information content (AvgIpc) is 2.79. The lowest BCUT2D eigenvalue weighted by Crippen LogP contribution is -1.97. The van der Waals surface area contributed by atoms with Crippen LogP contribution < -0.4 is 0 Å². The van der Waals surface area contributed by atoms with Gasteiger partial charge in [0.2, 0.25) is 0 Å². The number of aromatic hydroxyl groups is 2. The average molecular weight is 352 g/mol. The summed E-state index contributed by atoms with van der Waals surface area (Å²) in [5, 5.41) is 20.0. The molecule has 0 fully saturated rings. The van der Waals surface area contributed by atoms with E-state index < -0.39 is 0 Å². The van der Waals surface area contributed by atoms with Gasteiger partial charge >= 0.3 is 0 Å². The second-order valence-corrected chi connectivity index (χ2v) is 7.65. The molecule has 1 aromatic heterocycles. The summed E-state index contributed by atoms with van der Waals surface area (Å²) >= 11 is 0. The predicted molar refractivity (Wildman–Crippen MR) is 108 cm³/mol. The topological polar surface area (TPSA) is 45.4 Å². The maximum atomic E-state index is 10.0. The van der Waals surface area contributed by atoms with Crippen LogP contribution in [0.4, 0.5) is 0 Å². The minimum Gasteiger partial charge on any atom is -0.494 e. The van der Waals surface area contributed by atoms with Gasteiger partial charge < -0.3 is 10.2 Å². The third-order valence-electron chi connectivity index (χ3n) is 5.48. The van der Waals surface area contributed by atoms with E-state index >= 15 is 0 Å². The van der Waals surface area contributed by atoms with E-state index in [0.717, 1.165) is 17.5 Å². The molecule has 0 unspecified atom stereocenters. The van der Waals surface area contributed by atoms with Gasteiger partial charge in [-0.1, -0.05) is 90.4 Å². The van der Waals surface area contributed by atoms with E-state index in [1.54, 1.807) is 4.57 Å². The molecule has 146 valence electrons. The van der Waals surface area contributed by atoms with Crippen LogP contribution in [0, 0.1) is 13.8 Å². The Hall–Kier alpha value is -1.12. The summed E-state index contributed by atoms with van der Waals surface area (Å²) in [4.78, 5) is 0. The first kappa shape index (κ1) is 21.9. The van der Waals surface area contributed by atoms with E-state index in [9.17, 15) is 10.2 Å². The Morgan fingerprint density at radius 1 is 0.560 bits per heavy atom. The van der Waals surface area contributed by atoms with Crippen molar-refractivity contribution in [2.24, 2.45) is 0 Å². The van der Waals surface area contributed by atoms with Crippen LogP contribution in [-0.2, 0) is 6.54 Å². The highest BCUT2D eigenvalue weighted by Crippen LogP contribution is 2.32. The molecule has 3 heteroatoms. The summed E-state index contributed by atoms with van der Waals surface area (Å²) < 4.78 is 1.64. The Labute approximate surface area is 155 Å². The van der Waals surface area contributed by atoms with Crippen LogP contribution in [0.1, 0.15) is 108 Å². The minimum atomic E-state index is 0.227. The fraction of sp³-hybridized carbons (Fsp3) is 0.818. The summed E-state index contributed by atoms with van der Waals surface area (Å²) in [5.41, 5.74) is 1.59. The maximum absolute atomic E-state index is 10.0. The zero-order chi connectivity index (χ0) is 18.5. The Balaban J connectivity index is 1.92. The van der Waals surface area contributed by atoms with Gasteiger partial charge in [0.1, 0.15) is 0 Å². The third-order valence-corrected chi connectivity index (χ3v) is 5.48. The monoisotopic (exact) mass is 351 g/mol. The number of hydrogen-bond donors (Lipinski definition) is 2. The molecule has 1 aromatic rings. The number of rotatable bonds is 15. The van der Waals surface area contributed by atoms with Crippen LogP contribution in [-0.4, -0.2) is 14.8 Å². The van der Waals surface area contributed by atoms with E-state index in [2.05, 4.69) is 6.92 Å². The minimum absolute atomic E-state index is 0.227. The molecule has 2 N–H and O–H groups in total. The maximum Gasteiger partial charge on any atom is 0.197 e. The molecule has 25 heavy (non-hydrogen) atoms. The van der Waals surface area contributed by atoms with Crippen molar-refractivity contribution >= 4 is 0 Å². The molecule has 0 amide bonds. The largest absolute Gasteiger partial charge is 0.494 e. The lowest BCUT2D eigenvalue weighted by atomic mass is 10.0. The van der Waals surface area contributed by atoms with Crippen molar-refractivity contribution in [1.29, 1.82) is 0 Å². The Morgan fingerprint density at radius 3 is 1.24 bits per heavy atom. The molecule has 0 saturated heterocycles. The van der Waals surface area contributed by atoms with E-state index in [-0.39, 0.29) is 11.8 Å². The van der Waals surface area contributed by atoms with Gasteiger partial charge in [0.05, 0.1) is 0 Å². The molecule has 0 atom stereocenters. The van der Waals surface area contributed by atoms with Crippen molar-refractivity contribution in [3.8, 4) is 11.8 Å². The second kappa shape index (κ2) is 13.1. The number of unbranched alkanes of at least 4 members (excludes halogenated alkanes) is 13. The van der Waals surface area contributed by atoms with Gasteiger partial charge in [0.15, 0.2) is 11.8 Å². The van der Waals surface area contributed by atoms with Crippen LogP contribution in [0.25, 0.3) is 0 Å². The molecule has 1 heterocycles. The molecule has 1 rings (SSSR count). The van der Waals surface area contributed by atoms with Gasteiger partial charge in [-0.15, -0.1) is 0 Å².